The Bertz CT molecular complexity index is 2750. The Morgan fingerprint density at radius 2 is 1.06 bits per heavy atom. The van der Waals surface area contributed by atoms with Crippen molar-refractivity contribution in [1.82, 2.24) is 0 Å². The Morgan fingerprint density at radius 1 is 0.429 bits per heavy atom. The van der Waals surface area contributed by atoms with Gasteiger partial charge in [-0.25, -0.2) is 0 Å². The molecular formula is C47H33NO. The van der Waals surface area contributed by atoms with Crippen molar-refractivity contribution in [2.24, 2.45) is 0 Å². The van der Waals surface area contributed by atoms with Gasteiger partial charge in [0.1, 0.15) is 11.2 Å². The molecule has 232 valence electrons. The summed E-state index contributed by atoms with van der Waals surface area (Å²) in [5.41, 5.74) is 12.6. The lowest BCUT2D eigenvalue weighted by molar-refractivity contribution is 0.660. The lowest BCUT2D eigenvalue weighted by Gasteiger charge is -2.29. The highest BCUT2D eigenvalue weighted by Crippen LogP contribution is 2.51. The van der Waals surface area contributed by atoms with Crippen LogP contribution in [0.15, 0.2) is 168 Å². The number of hydrogen-bond donors (Lipinski definition) is 0. The van der Waals surface area contributed by atoms with Gasteiger partial charge in [-0.1, -0.05) is 129 Å². The minimum absolute atomic E-state index is 0.114. The first-order chi connectivity index (χ1) is 24.0. The molecule has 0 N–H and O–H groups in total. The van der Waals surface area contributed by atoms with E-state index in [1.54, 1.807) is 0 Å². The van der Waals surface area contributed by atoms with E-state index >= 15 is 0 Å². The molecule has 2 heteroatoms. The lowest BCUT2D eigenvalue weighted by Crippen LogP contribution is -2.16. The van der Waals surface area contributed by atoms with Crippen LogP contribution in [0, 0.1) is 0 Å². The molecule has 1 heterocycles. The molecule has 2 nitrogen and oxygen atoms in total. The summed E-state index contributed by atoms with van der Waals surface area (Å²) in [5, 5.41) is 7.09. The third-order valence-corrected chi connectivity index (χ3v) is 10.6. The molecule has 0 atom stereocenters. The van der Waals surface area contributed by atoms with Crippen LogP contribution in [0.3, 0.4) is 0 Å². The third kappa shape index (κ3) is 4.27. The standard InChI is InChI=1S/C47H33NO/c1-47(2)42-19-11-10-18-38(42)39-23-22-36(28-43(39)47)48(35-21-20-30-12-6-7-15-32(30)24-35)37-27-40(31-13-4-3-5-14-31)46-41-25-33-16-8-9-17-34(33)26-44(41)49-45(46)29-37/h3-29H,1-2H3. The second-order valence-corrected chi connectivity index (χ2v) is 13.8. The quantitative estimate of drug-likeness (QED) is 0.193. The zero-order valence-corrected chi connectivity index (χ0v) is 27.4. The maximum Gasteiger partial charge on any atom is 0.138 e. The number of fused-ring (bicyclic) bond motifs is 8. The van der Waals surface area contributed by atoms with Crippen LogP contribution in [-0.2, 0) is 5.41 Å². The maximum absolute atomic E-state index is 6.78. The monoisotopic (exact) mass is 627 g/mol. The number of furan rings is 1. The van der Waals surface area contributed by atoms with Gasteiger partial charge in [0.05, 0.1) is 5.69 Å². The molecule has 10 rings (SSSR count). The van der Waals surface area contributed by atoms with Crippen molar-refractivity contribution in [3.05, 3.63) is 175 Å². The molecule has 0 amide bonds. The number of hydrogen-bond acceptors (Lipinski definition) is 2. The topological polar surface area (TPSA) is 16.4 Å². The molecule has 0 radical (unpaired) electrons. The fraction of sp³-hybridized carbons (Fsp3) is 0.0638. The average Bonchev–Trinajstić information content (AvgIpc) is 3.61. The van der Waals surface area contributed by atoms with Gasteiger partial charge < -0.3 is 9.32 Å². The van der Waals surface area contributed by atoms with E-state index in [1.807, 2.05) is 0 Å². The molecule has 1 aromatic heterocycles. The molecule has 0 saturated heterocycles. The summed E-state index contributed by atoms with van der Waals surface area (Å²) in [6.45, 7) is 4.69. The second-order valence-electron chi connectivity index (χ2n) is 13.8. The van der Waals surface area contributed by atoms with Gasteiger partial charge in [0.2, 0.25) is 0 Å². The summed E-state index contributed by atoms with van der Waals surface area (Å²) in [7, 11) is 0. The first-order valence-electron chi connectivity index (χ1n) is 17.0. The molecule has 1 aliphatic carbocycles. The van der Waals surface area contributed by atoms with Crippen molar-refractivity contribution in [3.8, 4) is 22.3 Å². The minimum atomic E-state index is -0.114. The Balaban J connectivity index is 1.26. The van der Waals surface area contributed by atoms with Crippen LogP contribution in [0.1, 0.15) is 25.0 Å². The summed E-state index contributed by atoms with van der Waals surface area (Å²) in [6, 6.07) is 59.5. The van der Waals surface area contributed by atoms with Crippen LogP contribution >= 0.6 is 0 Å². The van der Waals surface area contributed by atoms with Crippen LogP contribution in [-0.4, -0.2) is 0 Å². The molecule has 9 aromatic rings. The van der Waals surface area contributed by atoms with Crippen molar-refractivity contribution in [1.29, 1.82) is 0 Å². The first-order valence-corrected chi connectivity index (χ1v) is 17.0. The average molecular weight is 628 g/mol. The number of benzene rings is 8. The second kappa shape index (κ2) is 10.4. The fourth-order valence-corrected chi connectivity index (χ4v) is 8.15. The van der Waals surface area contributed by atoms with E-state index < -0.39 is 0 Å². The van der Waals surface area contributed by atoms with Gasteiger partial charge in [0.15, 0.2) is 0 Å². The van der Waals surface area contributed by atoms with E-state index in [4.69, 9.17) is 4.42 Å². The Morgan fingerprint density at radius 3 is 1.88 bits per heavy atom. The summed E-state index contributed by atoms with van der Waals surface area (Å²) < 4.78 is 6.78. The molecular weight excluding hydrogens is 595 g/mol. The third-order valence-electron chi connectivity index (χ3n) is 10.6. The smallest absolute Gasteiger partial charge is 0.138 e. The van der Waals surface area contributed by atoms with Crippen LogP contribution in [0.25, 0.3) is 65.7 Å². The van der Waals surface area contributed by atoms with E-state index in [-0.39, 0.29) is 5.41 Å². The highest BCUT2D eigenvalue weighted by Gasteiger charge is 2.35. The van der Waals surface area contributed by atoms with Crippen molar-refractivity contribution < 1.29 is 4.42 Å². The van der Waals surface area contributed by atoms with Gasteiger partial charge in [-0.3, -0.25) is 0 Å². The van der Waals surface area contributed by atoms with Crippen LogP contribution in [0.2, 0.25) is 0 Å². The summed E-state index contributed by atoms with van der Waals surface area (Å²) >= 11 is 0. The van der Waals surface area contributed by atoms with Gasteiger partial charge in [-0.05, 0) is 97.4 Å². The molecule has 0 fully saturated rings. The van der Waals surface area contributed by atoms with Gasteiger partial charge in [-0.15, -0.1) is 0 Å². The SMILES string of the molecule is CC1(C)c2ccccc2-c2ccc(N(c3ccc4ccccc4c3)c3cc(-c4ccccc4)c4c(c3)oc3cc5ccccc5cc34)cc21. The van der Waals surface area contributed by atoms with Gasteiger partial charge >= 0.3 is 0 Å². The van der Waals surface area contributed by atoms with E-state index in [0.717, 1.165) is 50.1 Å². The molecule has 0 spiro atoms. The van der Waals surface area contributed by atoms with Crippen LogP contribution < -0.4 is 4.90 Å². The minimum Gasteiger partial charge on any atom is -0.456 e. The van der Waals surface area contributed by atoms with E-state index in [1.165, 1.54) is 43.8 Å². The highest BCUT2D eigenvalue weighted by atomic mass is 16.3. The molecule has 0 aliphatic heterocycles. The van der Waals surface area contributed by atoms with Crippen LogP contribution in [0.5, 0.6) is 0 Å². The Hall–Kier alpha value is -6.12. The zero-order valence-electron chi connectivity index (χ0n) is 27.4. The number of rotatable bonds is 4. The summed E-state index contributed by atoms with van der Waals surface area (Å²) in [4.78, 5) is 2.40. The normalized spacial score (nSPS) is 13.3. The number of anilines is 3. The summed E-state index contributed by atoms with van der Waals surface area (Å²) in [6.07, 6.45) is 0. The number of nitrogens with zero attached hydrogens (tertiary/aromatic N) is 1. The van der Waals surface area contributed by atoms with Crippen molar-refractivity contribution in [2.45, 2.75) is 19.3 Å². The fourth-order valence-electron chi connectivity index (χ4n) is 8.15. The predicted molar refractivity (Wildman–Crippen MR) is 206 cm³/mol. The maximum atomic E-state index is 6.78. The van der Waals surface area contributed by atoms with Gasteiger partial charge in [0.25, 0.3) is 0 Å². The Labute approximate surface area is 285 Å². The van der Waals surface area contributed by atoms with Crippen molar-refractivity contribution >= 4 is 60.5 Å². The van der Waals surface area contributed by atoms with Crippen molar-refractivity contribution in [3.63, 3.8) is 0 Å². The zero-order chi connectivity index (χ0) is 32.7. The molecule has 49 heavy (non-hydrogen) atoms. The molecule has 0 saturated carbocycles. The van der Waals surface area contributed by atoms with E-state index in [0.29, 0.717) is 0 Å². The van der Waals surface area contributed by atoms with Gasteiger partial charge in [0, 0.05) is 33.6 Å². The Kier molecular flexibility index (Phi) is 5.95. The highest BCUT2D eigenvalue weighted by molar-refractivity contribution is 6.16. The van der Waals surface area contributed by atoms with Gasteiger partial charge in [-0.2, -0.15) is 0 Å². The first kappa shape index (κ1) is 27.9. The van der Waals surface area contributed by atoms with Crippen molar-refractivity contribution in [2.75, 3.05) is 4.90 Å². The molecule has 8 aromatic carbocycles. The molecule has 1 aliphatic rings. The lowest BCUT2D eigenvalue weighted by atomic mass is 9.82. The van der Waals surface area contributed by atoms with Crippen LogP contribution in [0.4, 0.5) is 17.1 Å². The van der Waals surface area contributed by atoms with E-state index in [9.17, 15) is 0 Å². The molecule has 0 unspecified atom stereocenters. The largest absolute Gasteiger partial charge is 0.456 e. The van der Waals surface area contributed by atoms with E-state index in [2.05, 4.69) is 183 Å². The molecule has 0 bridgehead atoms. The predicted octanol–water partition coefficient (Wildman–Crippen LogP) is 13.3. The summed E-state index contributed by atoms with van der Waals surface area (Å²) in [5.74, 6) is 0.